The maximum atomic E-state index is 6.74. The first-order valence-electron chi connectivity index (χ1n) is 18.4. The van der Waals surface area contributed by atoms with Gasteiger partial charge in [0.25, 0.3) is 0 Å². The van der Waals surface area contributed by atoms with Gasteiger partial charge in [0.1, 0.15) is 11.2 Å². The van der Waals surface area contributed by atoms with Gasteiger partial charge in [0, 0.05) is 33.0 Å². The van der Waals surface area contributed by atoms with Gasteiger partial charge in [0.2, 0.25) is 0 Å². The van der Waals surface area contributed by atoms with Gasteiger partial charge in [0.15, 0.2) is 17.5 Å². The minimum Gasteiger partial charge on any atom is -0.455 e. The summed E-state index contributed by atoms with van der Waals surface area (Å²) in [4.78, 5) is 14.9. The van der Waals surface area contributed by atoms with Gasteiger partial charge in [-0.05, 0) is 69.3 Å². The summed E-state index contributed by atoms with van der Waals surface area (Å²) in [6, 6.07) is 69.4. The molecule has 0 spiro atoms. The Morgan fingerprint density at radius 1 is 0.291 bits per heavy atom. The molecular formula is C51H33N3O. The second-order valence-corrected chi connectivity index (χ2v) is 13.6. The van der Waals surface area contributed by atoms with Crippen LogP contribution in [0.1, 0.15) is 0 Å². The van der Waals surface area contributed by atoms with Gasteiger partial charge in [-0.1, -0.05) is 170 Å². The molecule has 0 aliphatic rings. The van der Waals surface area contributed by atoms with Crippen LogP contribution in [-0.4, -0.2) is 15.0 Å². The van der Waals surface area contributed by atoms with Crippen LogP contribution in [0.5, 0.6) is 0 Å². The van der Waals surface area contributed by atoms with Crippen LogP contribution in [0.4, 0.5) is 0 Å². The van der Waals surface area contributed by atoms with Crippen molar-refractivity contribution in [1.29, 1.82) is 0 Å². The molecule has 0 aliphatic heterocycles. The molecule has 0 fully saturated rings. The molecule has 2 aromatic heterocycles. The van der Waals surface area contributed by atoms with Crippen LogP contribution in [-0.2, 0) is 0 Å². The number of rotatable bonds is 7. The minimum atomic E-state index is 0.611. The van der Waals surface area contributed by atoms with Gasteiger partial charge in [-0.2, -0.15) is 0 Å². The van der Waals surface area contributed by atoms with Gasteiger partial charge >= 0.3 is 0 Å². The van der Waals surface area contributed by atoms with Crippen LogP contribution in [0.15, 0.2) is 205 Å². The number of para-hydroxylation sites is 1. The summed E-state index contributed by atoms with van der Waals surface area (Å²) in [5, 5.41) is 2.17. The molecule has 0 N–H and O–H groups in total. The van der Waals surface area contributed by atoms with E-state index in [-0.39, 0.29) is 0 Å². The van der Waals surface area contributed by atoms with Crippen LogP contribution in [0.25, 0.3) is 101 Å². The molecule has 4 nitrogen and oxygen atoms in total. The summed E-state index contributed by atoms with van der Waals surface area (Å²) in [5.41, 5.74) is 13.5. The zero-order valence-corrected chi connectivity index (χ0v) is 29.8. The number of hydrogen-bond acceptors (Lipinski definition) is 4. The van der Waals surface area contributed by atoms with Crippen molar-refractivity contribution in [3.63, 3.8) is 0 Å². The van der Waals surface area contributed by atoms with Gasteiger partial charge in [0.05, 0.1) is 0 Å². The van der Waals surface area contributed by atoms with Crippen LogP contribution < -0.4 is 0 Å². The van der Waals surface area contributed by atoms with Crippen molar-refractivity contribution in [2.75, 3.05) is 0 Å². The van der Waals surface area contributed by atoms with Crippen molar-refractivity contribution in [3.8, 4) is 78.7 Å². The summed E-state index contributed by atoms with van der Waals surface area (Å²) in [5.74, 6) is 1.88. The molecule has 10 aromatic rings. The molecule has 4 heteroatoms. The lowest BCUT2D eigenvalue weighted by Gasteiger charge is -2.12. The molecule has 2 heterocycles. The topological polar surface area (TPSA) is 51.8 Å². The van der Waals surface area contributed by atoms with Crippen molar-refractivity contribution in [2.24, 2.45) is 0 Å². The Morgan fingerprint density at radius 3 is 1.31 bits per heavy atom. The zero-order chi connectivity index (χ0) is 36.6. The summed E-state index contributed by atoms with van der Waals surface area (Å²) in [6.45, 7) is 0. The molecule has 0 bridgehead atoms. The van der Waals surface area contributed by atoms with Gasteiger partial charge in [-0.25, -0.2) is 15.0 Å². The zero-order valence-electron chi connectivity index (χ0n) is 29.8. The van der Waals surface area contributed by atoms with E-state index in [0.29, 0.717) is 17.5 Å². The quantitative estimate of drug-likeness (QED) is 0.166. The summed E-state index contributed by atoms with van der Waals surface area (Å²) in [6.07, 6.45) is 0. The van der Waals surface area contributed by atoms with E-state index < -0.39 is 0 Å². The van der Waals surface area contributed by atoms with Crippen molar-refractivity contribution >= 4 is 21.9 Å². The third-order valence-corrected chi connectivity index (χ3v) is 10.1. The predicted molar refractivity (Wildman–Crippen MR) is 225 cm³/mol. The number of aromatic nitrogens is 3. The van der Waals surface area contributed by atoms with Crippen LogP contribution in [0.3, 0.4) is 0 Å². The fraction of sp³-hybridized carbons (Fsp3) is 0. The first-order valence-corrected chi connectivity index (χ1v) is 18.4. The first-order chi connectivity index (χ1) is 27.2. The second kappa shape index (κ2) is 13.8. The van der Waals surface area contributed by atoms with E-state index in [9.17, 15) is 0 Å². The Hall–Kier alpha value is -7.43. The molecule has 0 unspecified atom stereocenters. The molecule has 0 radical (unpaired) electrons. The van der Waals surface area contributed by atoms with E-state index in [1.807, 2.05) is 72.8 Å². The lowest BCUT2D eigenvalue weighted by Crippen LogP contribution is -2.00. The Labute approximate surface area is 319 Å². The first kappa shape index (κ1) is 32.2. The van der Waals surface area contributed by atoms with Crippen LogP contribution in [0.2, 0.25) is 0 Å². The Balaban J connectivity index is 1.09. The molecule has 55 heavy (non-hydrogen) atoms. The van der Waals surface area contributed by atoms with E-state index in [1.165, 1.54) is 16.7 Å². The standard InChI is InChI=1S/C51H33N3O/c1-4-15-34(16-5-1)37-21-12-22-38(31-37)39-23-13-24-40(32-39)43-29-30-44(48-47(43)45-27-10-11-28-46(45)55-48)41-25-14-26-42(33-41)51-53-49(35-17-6-2-7-18-35)52-50(54-51)36-19-8-3-9-20-36/h1-33H. The fourth-order valence-electron chi connectivity index (χ4n) is 7.43. The van der Waals surface area contributed by atoms with E-state index in [1.54, 1.807) is 0 Å². The SMILES string of the molecule is c1ccc(-c2cccc(-c3cccc(-c4ccc(-c5cccc(-c6nc(-c7ccccc7)nc(-c7ccccc7)n6)c5)c5oc6ccccc6c45)c3)c2)cc1. The molecule has 258 valence electrons. The smallest absolute Gasteiger partial charge is 0.164 e. The normalized spacial score (nSPS) is 11.3. The van der Waals surface area contributed by atoms with E-state index >= 15 is 0 Å². The highest BCUT2D eigenvalue weighted by Gasteiger charge is 2.19. The molecule has 0 aliphatic carbocycles. The van der Waals surface area contributed by atoms with Crippen molar-refractivity contribution in [3.05, 3.63) is 200 Å². The van der Waals surface area contributed by atoms with Gasteiger partial charge < -0.3 is 4.42 Å². The Morgan fingerprint density at radius 2 is 0.691 bits per heavy atom. The summed E-state index contributed by atoms with van der Waals surface area (Å²) >= 11 is 0. The molecule has 0 saturated heterocycles. The van der Waals surface area contributed by atoms with Crippen molar-refractivity contribution in [2.45, 2.75) is 0 Å². The number of nitrogens with zero attached hydrogens (tertiary/aromatic N) is 3. The number of benzene rings is 8. The van der Waals surface area contributed by atoms with Gasteiger partial charge in [-0.15, -0.1) is 0 Å². The number of hydrogen-bond donors (Lipinski definition) is 0. The monoisotopic (exact) mass is 703 g/mol. The predicted octanol–water partition coefficient (Wildman–Crippen LogP) is 13.4. The Kier molecular flexibility index (Phi) is 8.12. The lowest BCUT2D eigenvalue weighted by molar-refractivity contribution is 0.670. The Bertz CT molecular complexity index is 2910. The number of furan rings is 1. The van der Waals surface area contributed by atoms with Gasteiger partial charge in [-0.3, -0.25) is 0 Å². The third-order valence-electron chi connectivity index (χ3n) is 10.1. The molecule has 0 amide bonds. The molecule has 0 atom stereocenters. The maximum absolute atomic E-state index is 6.74. The van der Waals surface area contributed by atoms with E-state index in [0.717, 1.165) is 66.4 Å². The average Bonchev–Trinajstić information content (AvgIpc) is 3.67. The highest BCUT2D eigenvalue weighted by molar-refractivity contribution is 6.16. The molecular weight excluding hydrogens is 671 g/mol. The molecule has 10 rings (SSSR count). The molecule has 8 aromatic carbocycles. The highest BCUT2D eigenvalue weighted by Crippen LogP contribution is 2.43. The molecule has 0 saturated carbocycles. The second-order valence-electron chi connectivity index (χ2n) is 13.6. The van der Waals surface area contributed by atoms with Crippen LogP contribution >= 0.6 is 0 Å². The van der Waals surface area contributed by atoms with Crippen LogP contribution in [0, 0.1) is 0 Å². The summed E-state index contributed by atoms with van der Waals surface area (Å²) in [7, 11) is 0. The minimum absolute atomic E-state index is 0.611. The van der Waals surface area contributed by atoms with Crippen molar-refractivity contribution in [1.82, 2.24) is 15.0 Å². The highest BCUT2D eigenvalue weighted by atomic mass is 16.3. The summed E-state index contributed by atoms with van der Waals surface area (Å²) < 4.78 is 6.74. The van der Waals surface area contributed by atoms with Crippen molar-refractivity contribution < 1.29 is 4.42 Å². The third kappa shape index (κ3) is 6.16. The number of fused-ring (bicyclic) bond motifs is 3. The maximum Gasteiger partial charge on any atom is 0.164 e. The fourth-order valence-corrected chi connectivity index (χ4v) is 7.43. The largest absolute Gasteiger partial charge is 0.455 e. The van der Waals surface area contributed by atoms with E-state index in [4.69, 9.17) is 19.4 Å². The average molecular weight is 704 g/mol. The lowest BCUT2D eigenvalue weighted by atomic mass is 9.92. The van der Waals surface area contributed by atoms with E-state index in [2.05, 4.69) is 127 Å².